The van der Waals surface area contributed by atoms with Gasteiger partial charge in [-0.2, -0.15) is 10.4 Å². The number of nitrogens with zero attached hydrogens (tertiary/aromatic N) is 3. The van der Waals surface area contributed by atoms with Crippen LogP contribution in [0.15, 0.2) is 12.1 Å². The average molecular weight is 334 g/mol. The lowest BCUT2D eigenvalue weighted by Gasteiger charge is -2.13. The Hall–Kier alpha value is -1.80. The van der Waals surface area contributed by atoms with Crippen LogP contribution in [0.5, 0.6) is 11.6 Å². The van der Waals surface area contributed by atoms with Gasteiger partial charge in [0.05, 0.1) is 17.3 Å². The van der Waals surface area contributed by atoms with E-state index in [0.717, 1.165) is 34.0 Å². The van der Waals surface area contributed by atoms with E-state index in [2.05, 4.69) is 27.1 Å². The van der Waals surface area contributed by atoms with Gasteiger partial charge in [-0.3, -0.25) is 0 Å². The monoisotopic (exact) mass is 333 g/mol. The zero-order valence-corrected chi connectivity index (χ0v) is 13.6. The molecule has 0 N–H and O–H groups in total. The zero-order valence-electron chi connectivity index (χ0n) is 12.0. The molecule has 0 spiro atoms. The number of alkyl halides is 1. The van der Waals surface area contributed by atoms with Gasteiger partial charge >= 0.3 is 0 Å². The lowest BCUT2D eigenvalue weighted by Crippen LogP contribution is -1.99. The molecule has 1 aromatic carbocycles. The van der Waals surface area contributed by atoms with E-state index in [1.165, 1.54) is 0 Å². The molecule has 1 heterocycles. The van der Waals surface area contributed by atoms with E-state index in [0.29, 0.717) is 10.9 Å². The van der Waals surface area contributed by atoms with Crippen molar-refractivity contribution >= 4 is 15.9 Å². The van der Waals surface area contributed by atoms with E-state index in [1.54, 1.807) is 4.68 Å². The zero-order chi connectivity index (χ0) is 14.9. The summed E-state index contributed by atoms with van der Waals surface area (Å²) in [5, 5.41) is 14.1. The van der Waals surface area contributed by atoms with E-state index < -0.39 is 0 Å². The maximum atomic E-state index is 8.99. The summed E-state index contributed by atoms with van der Waals surface area (Å²) in [6.07, 6.45) is 0. The average Bonchev–Trinajstić information content (AvgIpc) is 2.67. The molecule has 0 amide bonds. The first-order valence-corrected chi connectivity index (χ1v) is 7.37. The molecule has 0 fully saturated rings. The van der Waals surface area contributed by atoms with Crippen molar-refractivity contribution in [1.29, 1.82) is 5.26 Å². The number of aryl methyl sites for hydroxylation is 4. The van der Waals surface area contributed by atoms with Gasteiger partial charge in [-0.05, 0) is 44.0 Å². The summed E-state index contributed by atoms with van der Waals surface area (Å²) >= 11 is 3.47. The van der Waals surface area contributed by atoms with Crippen molar-refractivity contribution in [3.8, 4) is 17.7 Å². The maximum absolute atomic E-state index is 8.99. The topological polar surface area (TPSA) is 50.8 Å². The Labute approximate surface area is 127 Å². The number of hydrogen-bond donors (Lipinski definition) is 0. The number of halogens is 1. The normalized spacial score (nSPS) is 10.4. The van der Waals surface area contributed by atoms with Crippen molar-refractivity contribution in [2.45, 2.75) is 26.1 Å². The molecule has 0 aliphatic rings. The standard InChI is InChI=1S/C15H16BrN3O/c1-9-5-12(8-17)6-10(2)14(9)20-15-13(7-16)11(3)18-19(15)4/h5-6H,7H2,1-4H3. The maximum Gasteiger partial charge on any atom is 0.221 e. The van der Waals surface area contributed by atoms with Gasteiger partial charge in [0.1, 0.15) is 5.75 Å². The van der Waals surface area contributed by atoms with Crippen LogP contribution < -0.4 is 4.74 Å². The highest BCUT2D eigenvalue weighted by Gasteiger charge is 2.16. The molecular weight excluding hydrogens is 318 g/mol. The van der Waals surface area contributed by atoms with E-state index in [9.17, 15) is 0 Å². The van der Waals surface area contributed by atoms with Crippen LogP contribution in [0.3, 0.4) is 0 Å². The van der Waals surface area contributed by atoms with Gasteiger partial charge in [0.25, 0.3) is 0 Å². The van der Waals surface area contributed by atoms with Gasteiger partial charge in [0.2, 0.25) is 5.88 Å². The largest absolute Gasteiger partial charge is 0.438 e. The number of rotatable bonds is 3. The third-order valence-corrected chi connectivity index (χ3v) is 3.77. The summed E-state index contributed by atoms with van der Waals surface area (Å²) in [7, 11) is 1.86. The molecule has 1 aromatic heterocycles. The van der Waals surface area contributed by atoms with Gasteiger partial charge in [-0.1, -0.05) is 15.9 Å². The van der Waals surface area contributed by atoms with Crippen LogP contribution in [0.4, 0.5) is 0 Å². The summed E-state index contributed by atoms with van der Waals surface area (Å²) < 4.78 is 7.81. The van der Waals surface area contributed by atoms with Gasteiger partial charge < -0.3 is 4.74 Å². The molecule has 4 nitrogen and oxygen atoms in total. The van der Waals surface area contributed by atoms with Crippen LogP contribution in [0.1, 0.15) is 27.9 Å². The van der Waals surface area contributed by atoms with Crippen LogP contribution >= 0.6 is 15.9 Å². The number of hydrogen-bond acceptors (Lipinski definition) is 3. The Morgan fingerprint density at radius 3 is 2.40 bits per heavy atom. The van der Waals surface area contributed by atoms with Gasteiger partial charge in [-0.25, -0.2) is 4.68 Å². The van der Waals surface area contributed by atoms with Crippen molar-refractivity contribution < 1.29 is 4.74 Å². The molecule has 2 aromatic rings. The Kier molecular flexibility index (Phi) is 4.15. The smallest absolute Gasteiger partial charge is 0.221 e. The molecule has 104 valence electrons. The van der Waals surface area contributed by atoms with Crippen molar-refractivity contribution in [2.75, 3.05) is 0 Å². The molecule has 5 heteroatoms. The van der Waals surface area contributed by atoms with Crippen LogP contribution in [0.25, 0.3) is 0 Å². The summed E-state index contributed by atoms with van der Waals surface area (Å²) in [5.74, 6) is 1.52. The highest BCUT2D eigenvalue weighted by atomic mass is 79.9. The van der Waals surface area contributed by atoms with E-state index in [4.69, 9.17) is 10.00 Å². The predicted molar refractivity (Wildman–Crippen MR) is 81.3 cm³/mol. The molecule has 0 saturated heterocycles. The molecule has 0 aliphatic carbocycles. The quantitative estimate of drug-likeness (QED) is 0.800. The minimum atomic E-state index is 0.647. The van der Waals surface area contributed by atoms with Gasteiger partial charge in [-0.15, -0.1) is 0 Å². The minimum Gasteiger partial charge on any atom is -0.438 e. The second-order valence-electron chi connectivity index (χ2n) is 4.78. The number of aromatic nitrogens is 2. The number of nitriles is 1. The SMILES string of the molecule is Cc1cc(C#N)cc(C)c1Oc1c(CBr)c(C)nn1C. The van der Waals surface area contributed by atoms with Crippen molar-refractivity contribution in [1.82, 2.24) is 9.78 Å². The Morgan fingerprint density at radius 1 is 1.30 bits per heavy atom. The van der Waals surface area contributed by atoms with Crippen LogP contribution in [-0.2, 0) is 12.4 Å². The highest BCUT2D eigenvalue weighted by Crippen LogP contribution is 2.33. The van der Waals surface area contributed by atoms with Crippen molar-refractivity contribution in [2.24, 2.45) is 7.05 Å². The Bertz CT molecular complexity index is 675. The third kappa shape index (κ3) is 2.56. The molecule has 0 radical (unpaired) electrons. The second-order valence-corrected chi connectivity index (χ2v) is 5.34. The Balaban J connectivity index is 2.49. The molecule has 0 atom stereocenters. The molecule has 2 rings (SSSR count). The summed E-state index contributed by atoms with van der Waals surface area (Å²) in [4.78, 5) is 0. The minimum absolute atomic E-state index is 0.647. The fourth-order valence-electron chi connectivity index (χ4n) is 2.23. The summed E-state index contributed by atoms with van der Waals surface area (Å²) in [6, 6.07) is 5.82. The number of benzene rings is 1. The van der Waals surface area contributed by atoms with Gasteiger partial charge in [0.15, 0.2) is 0 Å². The first-order chi connectivity index (χ1) is 9.47. The van der Waals surface area contributed by atoms with Crippen LogP contribution in [0.2, 0.25) is 0 Å². The van der Waals surface area contributed by atoms with E-state index >= 15 is 0 Å². The molecule has 0 bridgehead atoms. The van der Waals surface area contributed by atoms with E-state index in [1.807, 2.05) is 40.0 Å². The highest BCUT2D eigenvalue weighted by molar-refractivity contribution is 9.08. The third-order valence-electron chi connectivity index (χ3n) is 3.21. The molecule has 0 unspecified atom stereocenters. The van der Waals surface area contributed by atoms with Crippen molar-refractivity contribution in [3.05, 3.63) is 40.1 Å². The Morgan fingerprint density at radius 2 is 1.90 bits per heavy atom. The van der Waals surface area contributed by atoms with Crippen molar-refractivity contribution in [3.63, 3.8) is 0 Å². The second kappa shape index (κ2) is 5.68. The molecule has 0 saturated carbocycles. The predicted octanol–water partition coefficient (Wildman–Crippen LogP) is 3.90. The fraction of sp³-hybridized carbons (Fsp3) is 0.333. The lowest BCUT2D eigenvalue weighted by atomic mass is 10.1. The van der Waals surface area contributed by atoms with E-state index in [-0.39, 0.29) is 0 Å². The molecule has 20 heavy (non-hydrogen) atoms. The summed E-state index contributed by atoms with van der Waals surface area (Å²) in [5.41, 5.74) is 4.52. The fourth-order valence-corrected chi connectivity index (χ4v) is 2.88. The molecule has 0 aliphatic heterocycles. The lowest BCUT2D eigenvalue weighted by molar-refractivity contribution is 0.422. The first kappa shape index (κ1) is 14.6. The number of ether oxygens (including phenoxy) is 1. The first-order valence-electron chi connectivity index (χ1n) is 6.25. The van der Waals surface area contributed by atoms with Gasteiger partial charge in [0, 0.05) is 17.9 Å². The van der Waals surface area contributed by atoms with Crippen LogP contribution in [-0.4, -0.2) is 9.78 Å². The summed E-state index contributed by atoms with van der Waals surface area (Å²) in [6.45, 7) is 5.85. The molecular formula is C15H16BrN3O. The van der Waals surface area contributed by atoms with Crippen LogP contribution in [0, 0.1) is 32.1 Å².